The van der Waals surface area contributed by atoms with Crippen LogP contribution in [0.1, 0.15) is 35.5 Å². The Morgan fingerprint density at radius 3 is 2.17 bits per heavy atom. The van der Waals surface area contributed by atoms with Gasteiger partial charge in [-0.25, -0.2) is 4.98 Å². The molecule has 6 nitrogen and oxygen atoms in total. The van der Waals surface area contributed by atoms with Gasteiger partial charge in [0.25, 0.3) is 5.91 Å². The van der Waals surface area contributed by atoms with Crippen molar-refractivity contribution in [1.29, 1.82) is 0 Å². The maximum Gasteiger partial charge on any atom is 0.416 e. The number of alkyl halides is 6. The maximum atomic E-state index is 13.2. The Morgan fingerprint density at radius 1 is 1.03 bits per heavy atom. The molecule has 1 saturated heterocycles. The van der Waals surface area contributed by atoms with Gasteiger partial charge in [0.05, 0.1) is 30.3 Å². The van der Waals surface area contributed by atoms with Gasteiger partial charge in [-0.15, -0.1) is 0 Å². The second-order valence-corrected chi connectivity index (χ2v) is 8.65. The molecular formula is C24H21F6N3O3. The highest BCUT2D eigenvalue weighted by molar-refractivity contribution is 5.93. The standard InChI is InChI=1S/C24H21F6N3O3/c1-22(2)35-12-19(36-22)10-32-21(34)20-11-31-13-33(20)18-5-3-14(4-6-18)15-7-16(23(25,26)27)9-17(8-15)24(28,29)30/h3-9,11,13,19H,10,12H2,1-2H3,(H,32,34)/t19-/m1/s1. The molecule has 0 bridgehead atoms. The Bertz CT molecular complexity index is 1220. The van der Waals surface area contributed by atoms with Crippen molar-refractivity contribution >= 4 is 5.91 Å². The largest absolute Gasteiger partial charge is 0.416 e. The number of imidazole rings is 1. The van der Waals surface area contributed by atoms with Crippen LogP contribution in [0.4, 0.5) is 26.3 Å². The number of benzene rings is 2. The molecule has 0 radical (unpaired) electrons. The number of ether oxygens (including phenoxy) is 2. The van der Waals surface area contributed by atoms with Crippen molar-refractivity contribution in [3.8, 4) is 16.8 Å². The number of nitrogens with one attached hydrogen (secondary N) is 1. The lowest BCUT2D eigenvalue weighted by Crippen LogP contribution is -2.35. The monoisotopic (exact) mass is 513 g/mol. The Balaban J connectivity index is 1.55. The molecule has 0 aliphatic carbocycles. The predicted molar refractivity (Wildman–Crippen MR) is 116 cm³/mol. The number of aromatic nitrogens is 2. The van der Waals surface area contributed by atoms with Crippen molar-refractivity contribution < 1.29 is 40.6 Å². The average Bonchev–Trinajstić information content (AvgIpc) is 3.42. The maximum absolute atomic E-state index is 13.2. The summed E-state index contributed by atoms with van der Waals surface area (Å²) in [6.07, 6.45) is -7.51. The van der Waals surface area contributed by atoms with Crippen LogP contribution < -0.4 is 5.32 Å². The van der Waals surface area contributed by atoms with Crippen molar-refractivity contribution in [3.05, 3.63) is 71.8 Å². The second kappa shape index (κ2) is 9.25. The number of nitrogens with zero attached hydrogens (tertiary/aromatic N) is 2. The zero-order valence-corrected chi connectivity index (χ0v) is 19.1. The van der Waals surface area contributed by atoms with E-state index in [-0.39, 0.29) is 35.5 Å². The van der Waals surface area contributed by atoms with Crippen LogP contribution in [0.5, 0.6) is 0 Å². The predicted octanol–water partition coefficient (Wildman–Crippen LogP) is 5.46. The molecule has 1 N–H and O–H groups in total. The number of carbonyl (C=O) groups is 1. The minimum Gasteiger partial charge on any atom is -0.348 e. The van der Waals surface area contributed by atoms with Crippen LogP contribution in [-0.4, -0.2) is 40.5 Å². The van der Waals surface area contributed by atoms with Crippen LogP contribution in [-0.2, 0) is 21.8 Å². The summed E-state index contributed by atoms with van der Waals surface area (Å²) in [6, 6.07) is 7.09. The lowest BCUT2D eigenvalue weighted by atomic mass is 9.99. The SMILES string of the molecule is CC1(C)OC[C@@H](CNC(=O)c2cncn2-c2ccc(-c3cc(C(F)(F)F)cc(C(F)(F)F)c3)cc2)O1. The van der Waals surface area contributed by atoms with E-state index in [9.17, 15) is 31.1 Å². The van der Waals surface area contributed by atoms with Crippen molar-refractivity contribution in [1.82, 2.24) is 14.9 Å². The van der Waals surface area contributed by atoms with Crippen LogP contribution >= 0.6 is 0 Å². The van der Waals surface area contributed by atoms with Gasteiger partial charge >= 0.3 is 12.4 Å². The molecule has 0 saturated carbocycles. The number of halogens is 6. The molecule has 12 heteroatoms. The molecule has 1 amide bonds. The summed E-state index contributed by atoms with van der Waals surface area (Å²) in [4.78, 5) is 16.7. The highest BCUT2D eigenvalue weighted by Crippen LogP contribution is 2.38. The Hall–Kier alpha value is -3.38. The molecule has 3 aromatic rings. The van der Waals surface area contributed by atoms with Gasteiger partial charge in [0.1, 0.15) is 11.8 Å². The van der Waals surface area contributed by atoms with Gasteiger partial charge < -0.3 is 14.8 Å². The van der Waals surface area contributed by atoms with Crippen LogP contribution in [0, 0.1) is 0 Å². The van der Waals surface area contributed by atoms with E-state index in [1.165, 1.54) is 41.4 Å². The molecule has 2 heterocycles. The van der Waals surface area contributed by atoms with E-state index in [4.69, 9.17) is 9.47 Å². The molecule has 1 aliphatic rings. The van der Waals surface area contributed by atoms with Crippen LogP contribution in [0.25, 0.3) is 16.8 Å². The van der Waals surface area contributed by atoms with Crippen LogP contribution in [0.15, 0.2) is 55.0 Å². The molecule has 1 fully saturated rings. The smallest absolute Gasteiger partial charge is 0.348 e. The first-order valence-electron chi connectivity index (χ1n) is 10.8. The van der Waals surface area contributed by atoms with Crippen LogP contribution in [0.2, 0.25) is 0 Å². The molecule has 1 atom stereocenters. The molecule has 192 valence electrons. The Labute approximate surface area is 201 Å². The molecule has 4 rings (SSSR count). The van der Waals surface area contributed by atoms with Gasteiger partial charge in [-0.3, -0.25) is 9.36 Å². The van der Waals surface area contributed by atoms with Crippen LogP contribution in [0.3, 0.4) is 0 Å². The zero-order chi connectivity index (χ0) is 26.3. The molecule has 0 unspecified atom stereocenters. The molecule has 1 aromatic heterocycles. The summed E-state index contributed by atoms with van der Waals surface area (Å²) in [5.74, 6) is -1.18. The second-order valence-electron chi connectivity index (χ2n) is 8.65. The molecular weight excluding hydrogens is 492 g/mol. The van der Waals surface area contributed by atoms with E-state index in [0.29, 0.717) is 24.4 Å². The van der Waals surface area contributed by atoms with Gasteiger partial charge in [-0.2, -0.15) is 26.3 Å². The topological polar surface area (TPSA) is 65.4 Å². The van der Waals surface area contributed by atoms with E-state index < -0.39 is 35.2 Å². The summed E-state index contributed by atoms with van der Waals surface area (Å²) < 4.78 is 91.7. The zero-order valence-electron chi connectivity index (χ0n) is 19.1. The number of amides is 1. The van der Waals surface area contributed by atoms with Gasteiger partial charge in [-0.1, -0.05) is 12.1 Å². The van der Waals surface area contributed by atoms with Gasteiger partial charge in [0.2, 0.25) is 0 Å². The summed E-state index contributed by atoms with van der Waals surface area (Å²) in [6.45, 7) is 4.04. The third kappa shape index (κ3) is 5.71. The van der Waals surface area contributed by atoms with Crippen molar-refractivity contribution in [3.63, 3.8) is 0 Å². The molecule has 0 spiro atoms. The highest BCUT2D eigenvalue weighted by atomic mass is 19.4. The normalized spacial score (nSPS) is 17.8. The molecule has 1 aliphatic heterocycles. The third-order valence-corrected chi connectivity index (χ3v) is 5.50. The third-order valence-electron chi connectivity index (χ3n) is 5.50. The minimum atomic E-state index is -4.94. The van der Waals surface area contributed by atoms with E-state index in [1.54, 1.807) is 13.8 Å². The van der Waals surface area contributed by atoms with Gasteiger partial charge in [0, 0.05) is 12.2 Å². The Kier molecular flexibility index (Phi) is 6.60. The van der Waals surface area contributed by atoms with E-state index in [1.807, 2.05) is 0 Å². The first-order valence-corrected chi connectivity index (χ1v) is 10.8. The van der Waals surface area contributed by atoms with Crippen molar-refractivity contribution in [2.45, 2.75) is 38.1 Å². The lowest BCUT2D eigenvalue weighted by molar-refractivity contribution is -0.143. The molecule has 2 aromatic carbocycles. The number of hydrogen-bond acceptors (Lipinski definition) is 4. The number of rotatable bonds is 5. The Morgan fingerprint density at radius 2 is 1.64 bits per heavy atom. The fourth-order valence-corrected chi connectivity index (χ4v) is 3.77. The first-order chi connectivity index (χ1) is 16.7. The summed E-state index contributed by atoms with van der Waals surface area (Å²) >= 11 is 0. The first kappa shape index (κ1) is 25.7. The summed E-state index contributed by atoms with van der Waals surface area (Å²) in [7, 11) is 0. The van der Waals surface area contributed by atoms with E-state index in [2.05, 4.69) is 10.3 Å². The number of carbonyl (C=O) groups excluding carboxylic acids is 1. The summed E-state index contributed by atoms with van der Waals surface area (Å²) in [5.41, 5.74) is -2.28. The molecule has 36 heavy (non-hydrogen) atoms. The average molecular weight is 513 g/mol. The summed E-state index contributed by atoms with van der Waals surface area (Å²) in [5, 5.41) is 2.74. The van der Waals surface area contributed by atoms with E-state index >= 15 is 0 Å². The number of hydrogen-bond donors (Lipinski definition) is 1. The van der Waals surface area contributed by atoms with Gasteiger partial charge in [0.15, 0.2) is 5.79 Å². The quantitative estimate of drug-likeness (QED) is 0.461. The highest BCUT2D eigenvalue weighted by Gasteiger charge is 2.37. The minimum absolute atomic E-state index is 0.0813. The lowest BCUT2D eigenvalue weighted by Gasteiger charge is -2.17. The van der Waals surface area contributed by atoms with E-state index in [0.717, 1.165) is 0 Å². The van der Waals surface area contributed by atoms with Crippen molar-refractivity contribution in [2.24, 2.45) is 0 Å². The fourth-order valence-electron chi connectivity index (χ4n) is 3.77. The van der Waals surface area contributed by atoms with Gasteiger partial charge in [-0.05, 0) is 55.3 Å². The van der Waals surface area contributed by atoms with Crippen molar-refractivity contribution in [2.75, 3.05) is 13.2 Å². The fraction of sp³-hybridized carbons (Fsp3) is 0.333.